The molecule has 5 nitrogen and oxygen atoms in total. The average Bonchev–Trinajstić information content (AvgIpc) is 2.70. The van der Waals surface area contributed by atoms with E-state index in [-0.39, 0.29) is 17.1 Å². The fourth-order valence-corrected chi connectivity index (χ4v) is 4.23. The molecule has 7 heteroatoms. The molecule has 2 atom stereocenters. The Bertz CT molecular complexity index is 858. The zero-order valence-corrected chi connectivity index (χ0v) is 17.6. The first-order valence-electron chi connectivity index (χ1n) is 9.22. The molecule has 1 aliphatic rings. The van der Waals surface area contributed by atoms with Gasteiger partial charge in [0.25, 0.3) is 0 Å². The second-order valence-electron chi connectivity index (χ2n) is 6.65. The fraction of sp³-hybridized carbons (Fsp3) is 0.333. The number of benzene rings is 2. The molecule has 148 valence electrons. The Kier molecular flexibility index (Phi) is 7.23. The SMILES string of the molecule is CN=C(NCC1CC(=O)Nc2ccccc21)NCC(SC)c1cccc(Cl)c1. The van der Waals surface area contributed by atoms with Gasteiger partial charge >= 0.3 is 0 Å². The number of thioether (sulfide) groups is 1. The molecule has 0 radical (unpaired) electrons. The summed E-state index contributed by atoms with van der Waals surface area (Å²) in [6.45, 7) is 1.37. The van der Waals surface area contributed by atoms with Crippen LogP contribution in [-0.4, -0.2) is 38.3 Å². The Morgan fingerprint density at radius 3 is 2.86 bits per heavy atom. The average molecular weight is 417 g/mol. The van der Waals surface area contributed by atoms with Crippen molar-refractivity contribution in [3.63, 3.8) is 0 Å². The van der Waals surface area contributed by atoms with Gasteiger partial charge in [0.2, 0.25) is 5.91 Å². The van der Waals surface area contributed by atoms with Crippen molar-refractivity contribution < 1.29 is 4.79 Å². The van der Waals surface area contributed by atoms with Crippen molar-refractivity contribution in [2.75, 3.05) is 31.7 Å². The lowest BCUT2D eigenvalue weighted by molar-refractivity contribution is -0.116. The summed E-state index contributed by atoms with van der Waals surface area (Å²) in [5.74, 6) is 0.897. The number of hydrogen-bond acceptors (Lipinski definition) is 3. The third kappa shape index (κ3) is 5.20. The van der Waals surface area contributed by atoms with Gasteiger partial charge in [-0.2, -0.15) is 11.8 Å². The molecule has 0 aromatic heterocycles. The third-order valence-corrected chi connectivity index (χ3v) is 6.05. The van der Waals surface area contributed by atoms with Crippen molar-refractivity contribution in [1.29, 1.82) is 0 Å². The smallest absolute Gasteiger partial charge is 0.225 e. The normalized spacial score (nSPS) is 17.5. The van der Waals surface area contributed by atoms with Crippen molar-refractivity contribution in [2.45, 2.75) is 17.6 Å². The molecule has 1 amide bonds. The first-order chi connectivity index (χ1) is 13.6. The maximum absolute atomic E-state index is 12.0. The summed E-state index contributed by atoms with van der Waals surface area (Å²) < 4.78 is 0. The van der Waals surface area contributed by atoms with Crippen LogP contribution in [0.5, 0.6) is 0 Å². The van der Waals surface area contributed by atoms with Gasteiger partial charge < -0.3 is 16.0 Å². The minimum absolute atomic E-state index is 0.0526. The van der Waals surface area contributed by atoms with Gasteiger partial charge in [0.15, 0.2) is 5.96 Å². The van der Waals surface area contributed by atoms with Crippen LogP contribution < -0.4 is 16.0 Å². The predicted octanol–water partition coefficient (Wildman–Crippen LogP) is 4.04. The molecule has 1 aliphatic heterocycles. The first-order valence-corrected chi connectivity index (χ1v) is 10.9. The monoisotopic (exact) mass is 416 g/mol. The van der Waals surface area contributed by atoms with E-state index in [0.717, 1.165) is 28.8 Å². The highest BCUT2D eigenvalue weighted by Gasteiger charge is 2.24. The maximum atomic E-state index is 12.0. The highest BCUT2D eigenvalue weighted by Crippen LogP contribution is 2.31. The molecule has 2 aromatic rings. The van der Waals surface area contributed by atoms with Gasteiger partial charge in [-0.15, -0.1) is 0 Å². The Balaban J connectivity index is 1.59. The minimum Gasteiger partial charge on any atom is -0.356 e. The van der Waals surface area contributed by atoms with Gasteiger partial charge in [-0.3, -0.25) is 9.79 Å². The van der Waals surface area contributed by atoms with E-state index in [0.29, 0.717) is 13.0 Å². The number of fused-ring (bicyclic) bond motifs is 1. The number of para-hydroxylation sites is 1. The number of aliphatic imine (C=N–C) groups is 1. The van der Waals surface area contributed by atoms with Crippen molar-refractivity contribution in [2.24, 2.45) is 4.99 Å². The molecular formula is C21H25ClN4OS. The highest BCUT2D eigenvalue weighted by atomic mass is 35.5. The van der Waals surface area contributed by atoms with Crippen molar-refractivity contribution in [3.05, 3.63) is 64.7 Å². The van der Waals surface area contributed by atoms with Crippen LogP contribution in [0, 0.1) is 0 Å². The Morgan fingerprint density at radius 1 is 1.29 bits per heavy atom. The number of carbonyl (C=O) groups excluding carboxylic acids is 1. The summed E-state index contributed by atoms with van der Waals surface area (Å²) >= 11 is 7.89. The second kappa shape index (κ2) is 9.85. The lowest BCUT2D eigenvalue weighted by Crippen LogP contribution is -2.41. The zero-order valence-electron chi connectivity index (χ0n) is 16.0. The number of amides is 1. The van der Waals surface area contributed by atoms with Crippen LogP contribution in [0.15, 0.2) is 53.5 Å². The number of guanidine groups is 1. The van der Waals surface area contributed by atoms with Gasteiger partial charge in [0.05, 0.1) is 0 Å². The lowest BCUT2D eigenvalue weighted by Gasteiger charge is -2.26. The molecule has 0 saturated heterocycles. The van der Waals surface area contributed by atoms with Gasteiger partial charge in [-0.05, 0) is 35.6 Å². The topological polar surface area (TPSA) is 65.5 Å². The first kappa shape index (κ1) is 20.6. The van der Waals surface area contributed by atoms with Crippen LogP contribution in [-0.2, 0) is 4.79 Å². The summed E-state index contributed by atoms with van der Waals surface area (Å²) in [4.78, 5) is 16.3. The Labute approximate surface area is 175 Å². The predicted molar refractivity (Wildman–Crippen MR) is 120 cm³/mol. The number of nitrogens with zero attached hydrogens (tertiary/aromatic N) is 1. The van der Waals surface area contributed by atoms with E-state index in [1.165, 1.54) is 5.56 Å². The molecule has 0 bridgehead atoms. The summed E-state index contributed by atoms with van der Waals surface area (Å²) in [6, 6.07) is 15.9. The van der Waals surface area contributed by atoms with E-state index in [9.17, 15) is 4.79 Å². The number of anilines is 1. The minimum atomic E-state index is 0.0526. The molecule has 0 spiro atoms. The van der Waals surface area contributed by atoms with Crippen LogP contribution in [0.1, 0.15) is 28.7 Å². The molecule has 2 aromatic carbocycles. The number of rotatable bonds is 6. The molecule has 3 rings (SSSR count). The molecule has 2 unspecified atom stereocenters. The van der Waals surface area contributed by atoms with Crippen LogP contribution in [0.25, 0.3) is 0 Å². The zero-order chi connectivity index (χ0) is 19.9. The third-order valence-electron chi connectivity index (χ3n) is 4.81. The van der Waals surface area contributed by atoms with Gasteiger partial charge in [0, 0.05) is 48.4 Å². The molecular weight excluding hydrogens is 392 g/mol. The molecule has 3 N–H and O–H groups in total. The van der Waals surface area contributed by atoms with Crippen molar-refractivity contribution in [3.8, 4) is 0 Å². The van der Waals surface area contributed by atoms with Crippen molar-refractivity contribution >= 4 is 40.9 Å². The molecule has 0 fully saturated rings. The van der Waals surface area contributed by atoms with E-state index in [4.69, 9.17) is 11.6 Å². The number of nitrogens with one attached hydrogen (secondary N) is 3. The van der Waals surface area contributed by atoms with Gasteiger partial charge in [-0.25, -0.2) is 0 Å². The highest BCUT2D eigenvalue weighted by molar-refractivity contribution is 7.98. The summed E-state index contributed by atoms with van der Waals surface area (Å²) in [5.41, 5.74) is 3.24. The lowest BCUT2D eigenvalue weighted by atomic mass is 9.90. The van der Waals surface area contributed by atoms with Crippen LogP contribution in [0.4, 0.5) is 5.69 Å². The number of halogens is 1. The van der Waals surface area contributed by atoms with E-state index >= 15 is 0 Å². The summed E-state index contributed by atoms with van der Waals surface area (Å²) in [5, 5.41) is 10.7. The van der Waals surface area contributed by atoms with Crippen LogP contribution in [0.3, 0.4) is 0 Å². The largest absolute Gasteiger partial charge is 0.356 e. The van der Waals surface area contributed by atoms with Crippen molar-refractivity contribution in [1.82, 2.24) is 10.6 Å². The standard InChI is InChI=1S/C21H25ClN4OS/c1-23-21(25-13-19(28-2)14-6-5-7-16(22)10-14)24-12-15-11-20(27)26-18-9-4-3-8-17(15)18/h3-10,15,19H,11-13H2,1-2H3,(H,26,27)(H2,23,24,25). The number of hydrogen-bond donors (Lipinski definition) is 3. The quantitative estimate of drug-likeness (QED) is 0.491. The van der Waals surface area contributed by atoms with Crippen LogP contribution in [0.2, 0.25) is 5.02 Å². The van der Waals surface area contributed by atoms with E-state index in [1.807, 2.05) is 36.4 Å². The van der Waals surface area contributed by atoms with Crippen LogP contribution >= 0.6 is 23.4 Å². The molecule has 28 heavy (non-hydrogen) atoms. The van der Waals surface area contributed by atoms with Gasteiger partial charge in [-0.1, -0.05) is 41.9 Å². The molecule has 1 heterocycles. The Morgan fingerprint density at radius 2 is 2.11 bits per heavy atom. The maximum Gasteiger partial charge on any atom is 0.225 e. The summed E-state index contributed by atoms with van der Waals surface area (Å²) in [6.07, 6.45) is 2.55. The number of carbonyl (C=O) groups is 1. The molecule has 0 saturated carbocycles. The van der Waals surface area contributed by atoms with E-state index < -0.39 is 0 Å². The van der Waals surface area contributed by atoms with E-state index in [1.54, 1.807) is 18.8 Å². The fourth-order valence-electron chi connectivity index (χ4n) is 3.36. The second-order valence-corrected chi connectivity index (χ2v) is 8.13. The molecule has 0 aliphatic carbocycles. The van der Waals surface area contributed by atoms with Gasteiger partial charge in [0.1, 0.15) is 0 Å². The van der Waals surface area contributed by atoms with E-state index in [2.05, 4.69) is 39.3 Å². The Hall–Kier alpha value is -2.18. The summed E-state index contributed by atoms with van der Waals surface area (Å²) in [7, 11) is 1.75.